The number of benzene rings is 1. The lowest BCUT2D eigenvalue weighted by atomic mass is 10.1. The standard InChI is InChI=1S/C27H31ClFN7O2S.C2H6/c1-16(2)36-22-13-17(12-21(29)24(22)33-25(36)27(3,4)37)23-20(28)15-31-26(34-23)32-18-7-10-35(11-8-18)39(38)19-6-5-9-30-14-19;1-2/h5-6,9,12-16,18,37H,7-8,10-11H2,1-4H3,(H,31,32,34);1-2H3. The number of halogens is 2. The lowest BCUT2D eigenvalue weighted by molar-refractivity contribution is 0.0641. The molecule has 1 aliphatic rings. The van der Waals surface area contributed by atoms with E-state index in [2.05, 4.69) is 25.3 Å². The third-order valence-electron chi connectivity index (χ3n) is 6.69. The SMILES string of the molecule is CC.CC(C)n1c(C(C)(C)O)nc2c(F)cc(-c3nc(NC4CCN(S(=O)c5cccnc5)CC4)ncc3Cl)cc21. The number of fused-ring (bicyclic) bond motifs is 1. The number of piperidine rings is 1. The van der Waals surface area contributed by atoms with Crippen molar-refractivity contribution in [2.75, 3.05) is 18.4 Å². The third kappa shape index (κ3) is 6.74. The van der Waals surface area contributed by atoms with Crippen molar-refractivity contribution < 1.29 is 13.7 Å². The van der Waals surface area contributed by atoms with Crippen LogP contribution in [0.25, 0.3) is 22.3 Å². The van der Waals surface area contributed by atoms with E-state index in [9.17, 15) is 9.32 Å². The van der Waals surface area contributed by atoms with Crippen molar-refractivity contribution in [3.8, 4) is 11.3 Å². The minimum Gasteiger partial charge on any atom is -0.383 e. The van der Waals surface area contributed by atoms with Crippen LogP contribution in [0.2, 0.25) is 5.02 Å². The smallest absolute Gasteiger partial charge is 0.223 e. The monoisotopic (exact) mass is 601 g/mol. The van der Waals surface area contributed by atoms with Gasteiger partial charge in [0, 0.05) is 43.1 Å². The first-order valence-electron chi connectivity index (χ1n) is 13.8. The first-order valence-corrected chi connectivity index (χ1v) is 15.3. The molecule has 1 unspecified atom stereocenters. The number of nitrogens with one attached hydrogen (secondary N) is 1. The fraction of sp³-hybridized carbons (Fsp3) is 0.448. The van der Waals surface area contributed by atoms with Gasteiger partial charge in [0.2, 0.25) is 5.95 Å². The van der Waals surface area contributed by atoms with Gasteiger partial charge in [0.1, 0.15) is 27.9 Å². The summed E-state index contributed by atoms with van der Waals surface area (Å²) in [5, 5.41) is 14.3. The van der Waals surface area contributed by atoms with Gasteiger partial charge in [0.15, 0.2) is 5.82 Å². The van der Waals surface area contributed by atoms with Crippen LogP contribution in [-0.4, -0.2) is 57.3 Å². The summed E-state index contributed by atoms with van der Waals surface area (Å²) in [6.07, 6.45) is 6.30. The van der Waals surface area contributed by atoms with Crippen LogP contribution in [0.3, 0.4) is 0 Å². The number of nitrogens with zero attached hydrogens (tertiary/aromatic N) is 6. The van der Waals surface area contributed by atoms with Crippen molar-refractivity contribution in [2.45, 2.75) is 77.0 Å². The summed E-state index contributed by atoms with van der Waals surface area (Å²) in [4.78, 5) is 18.2. The van der Waals surface area contributed by atoms with Gasteiger partial charge in [-0.1, -0.05) is 25.4 Å². The van der Waals surface area contributed by atoms with Crippen LogP contribution in [-0.2, 0) is 16.6 Å². The number of aliphatic hydroxyl groups is 1. The second-order valence-electron chi connectivity index (χ2n) is 10.5. The lowest BCUT2D eigenvalue weighted by Gasteiger charge is -2.31. The largest absolute Gasteiger partial charge is 0.383 e. The second-order valence-corrected chi connectivity index (χ2v) is 12.4. The summed E-state index contributed by atoms with van der Waals surface area (Å²) in [5.74, 6) is 0.248. The van der Waals surface area contributed by atoms with E-state index in [0.717, 1.165) is 12.8 Å². The molecule has 0 amide bonds. The zero-order valence-electron chi connectivity index (χ0n) is 24.2. The molecule has 0 saturated carbocycles. The van der Waals surface area contributed by atoms with Crippen LogP contribution in [0.4, 0.5) is 10.3 Å². The molecule has 4 heterocycles. The number of anilines is 1. The quantitative estimate of drug-likeness (QED) is 0.263. The maximum Gasteiger partial charge on any atom is 0.223 e. The van der Waals surface area contributed by atoms with Crippen molar-refractivity contribution in [3.63, 3.8) is 0 Å². The molecule has 1 aliphatic heterocycles. The van der Waals surface area contributed by atoms with Crippen LogP contribution >= 0.6 is 11.6 Å². The summed E-state index contributed by atoms with van der Waals surface area (Å²) in [6.45, 7) is 12.5. The Morgan fingerprint density at radius 3 is 2.49 bits per heavy atom. The molecule has 0 aliphatic carbocycles. The first kappa shape index (κ1) is 31.0. The zero-order chi connectivity index (χ0) is 29.9. The molecule has 1 atom stereocenters. The average molecular weight is 602 g/mol. The predicted molar refractivity (Wildman–Crippen MR) is 162 cm³/mol. The number of hydrogen-bond acceptors (Lipinski definition) is 7. The number of aromatic nitrogens is 5. The average Bonchev–Trinajstić information content (AvgIpc) is 3.37. The van der Waals surface area contributed by atoms with Gasteiger partial charge in [0.05, 0.1) is 27.3 Å². The molecular weight excluding hydrogens is 565 g/mol. The molecule has 220 valence electrons. The molecule has 3 aromatic heterocycles. The Labute approximate surface area is 247 Å². The zero-order valence-corrected chi connectivity index (χ0v) is 25.8. The second kappa shape index (κ2) is 12.9. The normalized spacial score (nSPS) is 15.6. The summed E-state index contributed by atoms with van der Waals surface area (Å²) in [5.41, 5.74) is 0.367. The molecule has 1 saturated heterocycles. The van der Waals surface area contributed by atoms with Gasteiger partial charge in [-0.2, -0.15) is 0 Å². The fourth-order valence-corrected chi connectivity index (χ4v) is 6.22. The van der Waals surface area contributed by atoms with Crippen molar-refractivity contribution >= 4 is 39.6 Å². The van der Waals surface area contributed by atoms with E-state index in [0.29, 0.717) is 51.6 Å². The Morgan fingerprint density at radius 2 is 1.88 bits per heavy atom. The summed E-state index contributed by atoms with van der Waals surface area (Å²) < 4.78 is 31.9. The van der Waals surface area contributed by atoms with Gasteiger partial charge >= 0.3 is 0 Å². The third-order valence-corrected chi connectivity index (χ3v) is 8.44. The highest BCUT2D eigenvalue weighted by Gasteiger charge is 2.28. The summed E-state index contributed by atoms with van der Waals surface area (Å²) in [7, 11) is -1.25. The van der Waals surface area contributed by atoms with Crippen molar-refractivity contribution in [1.82, 2.24) is 28.8 Å². The molecule has 1 fully saturated rings. The van der Waals surface area contributed by atoms with Gasteiger partial charge in [-0.3, -0.25) is 4.98 Å². The maximum atomic E-state index is 15.3. The number of imidazole rings is 1. The highest BCUT2D eigenvalue weighted by Crippen LogP contribution is 2.35. The molecule has 1 aromatic carbocycles. The highest BCUT2D eigenvalue weighted by atomic mass is 35.5. The van der Waals surface area contributed by atoms with Crippen molar-refractivity contribution in [2.24, 2.45) is 0 Å². The summed E-state index contributed by atoms with van der Waals surface area (Å²) in [6, 6.07) is 6.77. The maximum absolute atomic E-state index is 15.3. The first-order chi connectivity index (χ1) is 19.5. The highest BCUT2D eigenvalue weighted by molar-refractivity contribution is 7.82. The van der Waals surface area contributed by atoms with E-state index in [4.69, 9.17) is 11.6 Å². The van der Waals surface area contributed by atoms with Crippen LogP contribution in [0.5, 0.6) is 0 Å². The fourth-order valence-electron chi connectivity index (χ4n) is 4.83. The van der Waals surface area contributed by atoms with Crippen LogP contribution in [0.15, 0.2) is 47.8 Å². The predicted octanol–water partition coefficient (Wildman–Crippen LogP) is 6.11. The van der Waals surface area contributed by atoms with E-state index in [1.807, 2.05) is 42.6 Å². The molecule has 12 heteroatoms. The Hall–Kier alpha value is -2.99. The van der Waals surface area contributed by atoms with Gasteiger partial charge in [-0.05, 0) is 64.8 Å². The van der Waals surface area contributed by atoms with Crippen LogP contribution in [0.1, 0.15) is 66.3 Å². The number of rotatable bonds is 7. The van der Waals surface area contributed by atoms with Crippen LogP contribution in [0, 0.1) is 5.82 Å². The van der Waals surface area contributed by atoms with E-state index >= 15 is 4.39 Å². The van der Waals surface area contributed by atoms with Gasteiger partial charge in [-0.15, -0.1) is 0 Å². The Bertz CT molecular complexity index is 1520. The summed E-state index contributed by atoms with van der Waals surface area (Å²) >= 11 is 6.49. The lowest BCUT2D eigenvalue weighted by Crippen LogP contribution is -2.40. The molecule has 0 bridgehead atoms. The topological polar surface area (TPSA) is 109 Å². The van der Waals surface area contributed by atoms with Gasteiger partial charge in [-0.25, -0.2) is 27.9 Å². The van der Waals surface area contributed by atoms with Crippen molar-refractivity contribution in [3.05, 3.63) is 59.5 Å². The Balaban J connectivity index is 0.00000189. The molecule has 0 spiro atoms. The molecule has 5 rings (SSSR count). The van der Waals surface area contributed by atoms with Gasteiger partial charge < -0.3 is 15.0 Å². The Kier molecular flexibility index (Phi) is 9.73. The molecule has 0 radical (unpaired) electrons. The van der Waals surface area contributed by atoms with Crippen molar-refractivity contribution in [1.29, 1.82) is 0 Å². The minimum atomic E-state index is -1.25. The minimum absolute atomic E-state index is 0.0671. The van der Waals surface area contributed by atoms with Crippen LogP contribution < -0.4 is 5.32 Å². The number of hydrogen-bond donors (Lipinski definition) is 2. The van der Waals surface area contributed by atoms with E-state index in [-0.39, 0.29) is 17.6 Å². The van der Waals surface area contributed by atoms with E-state index in [1.54, 1.807) is 38.4 Å². The molecular formula is C29H37ClFN7O2S. The molecule has 41 heavy (non-hydrogen) atoms. The molecule has 4 aromatic rings. The Morgan fingerprint density at radius 1 is 1.17 bits per heavy atom. The van der Waals surface area contributed by atoms with E-state index < -0.39 is 22.4 Å². The number of pyridine rings is 1. The van der Waals surface area contributed by atoms with E-state index in [1.165, 1.54) is 12.3 Å². The van der Waals surface area contributed by atoms with Gasteiger partial charge in [0.25, 0.3) is 0 Å². The molecule has 9 nitrogen and oxygen atoms in total. The molecule has 2 N–H and O–H groups in total.